The van der Waals surface area contributed by atoms with Crippen LogP contribution in [0.15, 0.2) is 30.3 Å². The Hall–Kier alpha value is -1.35. The van der Waals surface area contributed by atoms with Crippen molar-refractivity contribution < 1.29 is 9.53 Å². The SMILES string of the molecule is CCOC(=O)C(CCCCN(C)C)c1ccccc1. The summed E-state index contributed by atoms with van der Waals surface area (Å²) >= 11 is 0. The van der Waals surface area contributed by atoms with Crippen LogP contribution in [0.1, 0.15) is 37.7 Å². The number of hydrogen-bond donors (Lipinski definition) is 0. The van der Waals surface area contributed by atoms with Gasteiger partial charge in [-0.25, -0.2) is 0 Å². The number of esters is 1. The van der Waals surface area contributed by atoms with E-state index < -0.39 is 0 Å². The highest BCUT2D eigenvalue weighted by Gasteiger charge is 2.21. The zero-order valence-corrected chi connectivity index (χ0v) is 12.3. The van der Waals surface area contributed by atoms with Crippen molar-refractivity contribution in [3.05, 3.63) is 35.9 Å². The molecule has 0 aliphatic rings. The number of rotatable bonds is 8. The van der Waals surface area contributed by atoms with Gasteiger partial charge in [0.05, 0.1) is 12.5 Å². The van der Waals surface area contributed by atoms with E-state index in [1.807, 2.05) is 37.3 Å². The third kappa shape index (κ3) is 5.88. The number of hydrogen-bond acceptors (Lipinski definition) is 3. The van der Waals surface area contributed by atoms with Crippen molar-refractivity contribution in [2.24, 2.45) is 0 Å². The van der Waals surface area contributed by atoms with Gasteiger partial charge in [-0.05, 0) is 46.0 Å². The van der Waals surface area contributed by atoms with Crippen molar-refractivity contribution in [3.8, 4) is 0 Å². The molecule has 0 bridgehead atoms. The minimum Gasteiger partial charge on any atom is -0.466 e. The summed E-state index contributed by atoms with van der Waals surface area (Å²) in [6.07, 6.45) is 3.00. The lowest BCUT2D eigenvalue weighted by Crippen LogP contribution is -2.17. The van der Waals surface area contributed by atoms with Crippen molar-refractivity contribution >= 4 is 5.97 Å². The van der Waals surface area contributed by atoms with E-state index in [4.69, 9.17) is 4.74 Å². The molecule has 1 rings (SSSR count). The van der Waals surface area contributed by atoms with Crippen LogP contribution in [0.3, 0.4) is 0 Å². The molecule has 0 N–H and O–H groups in total. The van der Waals surface area contributed by atoms with Crippen LogP contribution in [0.2, 0.25) is 0 Å². The van der Waals surface area contributed by atoms with E-state index in [1.165, 1.54) is 0 Å². The first-order chi connectivity index (χ1) is 9.15. The molecular formula is C16H25NO2. The van der Waals surface area contributed by atoms with Crippen LogP contribution in [-0.2, 0) is 9.53 Å². The van der Waals surface area contributed by atoms with Crippen molar-refractivity contribution in [3.63, 3.8) is 0 Å². The Labute approximate surface area is 116 Å². The molecule has 1 aromatic carbocycles. The van der Waals surface area contributed by atoms with Crippen LogP contribution in [0.25, 0.3) is 0 Å². The molecule has 1 aromatic rings. The van der Waals surface area contributed by atoms with Gasteiger partial charge in [0.15, 0.2) is 0 Å². The first-order valence-electron chi connectivity index (χ1n) is 7.01. The highest BCUT2D eigenvalue weighted by atomic mass is 16.5. The summed E-state index contributed by atoms with van der Waals surface area (Å²) in [6, 6.07) is 9.93. The second kappa shape index (κ2) is 8.70. The van der Waals surface area contributed by atoms with Gasteiger partial charge in [0.2, 0.25) is 0 Å². The van der Waals surface area contributed by atoms with Gasteiger partial charge in [-0.3, -0.25) is 4.79 Å². The van der Waals surface area contributed by atoms with Crippen LogP contribution >= 0.6 is 0 Å². The van der Waals surface area contributed by atoms with E-state index in [1.54, 1.807) is 0 Å². The highest BCUT2D eigenvalue weighted by Crippen LogP contribution is 2.23. The smallest absolute Gasteiger partial charge is 0.313 e. The standard InChI is InChI=1S/C16H25NO2/c1-4-19-16(18)15(12-8-9-13-17(2)3)14-10-6-5-7-11-14/h5-7,10-11,15H,4,8-9,12-13H2,1-3H3. The molecule has 0 fully saturated rings. The topological polar surface area (TPSA) is 29.5 Å². The fourth-order valence-corrected chi connectivity index (χ4v) is 2.13. The number of benzene rings is 1. The van der Waals surface area contributed by atoms with Gasteiger partial charge in [0.1, 0.15) is 0 Å². The largest absolute Gasteiger partial charge is 0.466 e. The predicted octanol–water partition coefficient (Wildman–Crippen LogP) is 3.07. The maximum atomic E-state index is 12.0. The van der Waals surface area contributed by atoms with Gasteiger partial charge in [0.25, 0.3) is 0 Å². The average molecular weight is 263 g/mol. The average Bonchev–Trinajstić information content (AvgIpc) is 2.39. The molecule has 0 aromatic heterocycles. The number of carbonyl (C=O) groups excluding carboxylic acids is 1. The minimum absolute atomic E-state index is 0.0986. The molecule has 0 spiro atoms. The van der Waals surface area contributed by atoms with Gasteiger partial charge in [-0.15, -0.1) is 0 Å². The van der Waals surface area contributed by atoms with Gasteiger partial charge in [0, 0.05) is 0 Å². The molecule has 0 saturated heterocycles. The Balaban J connectivity index is 2.58. The van der Waals surface area contributed by atoms with Gasteiger partial charge in [-0.2, -0.15) is 0 Å². The van der Waals surface area contributed by atoms with E-state index in [9.17, 15) is 4.79 Å². The van der Waals surface area contributed by atoms with Crippen molar-refractivity contribution in [2.75, 3.05) is 27.2 Å². The molecule has 0 saturated carbocycles. The monoisotopic (exact) mass is 263 g/mol. The molecule has 0 aliphatic heterocycles. The molecular weight excluding hydrogens is 238 g/mol. The Morgan fingerprint density at radius 1 is 1.21 bits per heavy atom. The van der Waals surface area contributed by atoms with Crippen LogP contribution in [0.4, 0.5) is 0 Å². The Morgan fingerprint density at radius 3 is 2.47 bits per heavy atom. The lowest BCUT2D eigenvalue weighted by Gasteiger charge is -2.16. The van der Waals surface area contributed by atoms with Gasteiger partial charge in [-0.1, -0.05) is 36.8 Å². The summed E-state index contributed by atoms with van der Waals surface area (Å²) < 4.78 is 5.19. The first-order valence-corrected chi connectivity index (χ1v) is 7.01. The van der Waals surface area contributed by atoms with Crippen LogP contribution in [0, 0.1) is 0 Å². The number of ether oxygens (including phenoxy) is 1. The second-order valence-corrected chi connectivity index (χ2v) is 5.01. The summed E-state index contributed by atoms with van der Waals surface area (Å²) in [5.41, 5.74) is 1.06. The predicted molar refractivity (Wildman–Crippen MR) is 78.2 cm³/mol. The maximum Gasteiger partial charge on any atom is 0.313 e. The lowest BCUT2D eigenvalue weighted by atomic mass is 9.93. The molecule has 1 atom stereocenters. The van der Waals surface area contributed by atoms with E-state index in [0.29, 0.717) is 6.61 Å². The summed E-state index contributed by atoms with van der Waals surface area (Å²) in [7, 11) is 4.14. The molecule has 0 radical (unpaired) electrons. The first kappa shape index (κ1) is 15.7. The third-order valence-corrected chi connectivity index (χ3v) is 3.12. The number of nitrogens with zero attached hydrogens (tertiary/aromatic N) is 1. The summed E-state index contributed by atoms with van der Waals surface area (Å²) in [6.45, 7) is 3.36. The Morgan fingerprint density at radius 2 is 1.89 bits per heavy atom. The fraction of sp³-hybridized carbons (Fsp3) is 0.562. The summed E-state index contributed by atoms with van der Waals surface area (Å²) in [5, 5.41) is 0. The van der Waals surface area contributed by atoms with Crippen molar-refractivity contribution in [1.29, 1.82) is 0 Å². The molecule has 19 heavy (non-hydrogen) atoms. The minimum atomic E-state index is -0.122. The molecule has 0 amide bonds. The van der Waals surface area contributed by atoms with E-state index in [-0.39, 0.29) is 11.9 Å². The number of carbonyl (C=O) groups is 1. The quantitative estimate of drug-likeness (QED) is 0.533. The summed E-state index contributed by atoms with van der Waals surface area (Å²) in [5.74, 6) is -0.220. The van der Waals surface area contributed by atoms with E-state index >= 15 is 0 Å². The maximum absolute atomic E-state index is 12.0. The molecule has 0 aliphatic carbocycles. The van der Waals surface area contributed by atoms with Crippen molar-refractivity contribution in [1.82, 2.24) is 4.90 Å². The molecule has 106 valence electrons. The van der Waals surface area contributed by atoms with Crippen LogP contribution in [0.5, 0.6) is 0 Å². The van der Waals surface area contributed by atoms with E-state index in [2.05, 4.69) is 19.0 Å². The highest BCUT2D eigenvalue weighted by molar-refractivity contribution is 5.78. The Bertz CT molecular complexity index is 362. The molecule has 3 nitrogen and oxygen atoms in total. The van der Waals surface area contributed by atoms with Gasteiger partial charge < -0.3 is 9.64 Å². The Kier molecular flexibility index (Phi) is 7.19. The van der Waals surface area contributed by atoms with Crippen LogP contribution < -0.4 is 0 Å². The number of unbranched alkanes of at least 4 members (excludes halogenated alkanes) is 1. The van der Waals surface area contributed by atoms with Crippen LogP contribution in [-0.4, -0.2) is 38.1 Å². The third-order valence-electron chi connectivity index (χ3n) is 3.12. The summed E-state index contributed by atoms with van der Waals surface area (Å²) in [4.78, 5) is 14.2. The second-order valence-electron chi connectivity index (χ2n) is 5.01. The van der Waals surface area contributed by atoms with Crippen molar-refractivity contribution in [2.45, 2.75) is 32.1 Å². The fourth-order valence-electron chi connectivity index (χ4n) is 2.13. The zero-order valence-electron chi connectivity index (χ0n) is 12.3. The molecule has 3 heteroatoms. The van der Waals surface area contributed by atoms with Gasteiger partial charge >= 0.3 is 5.97 Å². The lowest BCUT2D eigenvalue weighted by molar-refractivity contribution is -0.145. The normalized spacial score (nSPS) is 12.4. The molecule has 0 heterocycles. The molecule has 1 unspecified atom stereocenters. The van der Waals surface area contributed by atoms with E-state index in [0.717, 1.165) is 31.4 Å². The zero-order chi connectivity index (χ0) is 14.1.